The highest BCUT2D eigenvalue weighted by atomic mass is 79.9. The smallest absolute Gasteiger partial charge is 0.222 e. The van der Waals surface area contributed by atoms with Crippen LogP contribution < -0.4 is 0 Å². The summed E-state index contributed by atoms with van der Waals surface area (Å²) in [6.45, 7) is 1.67. The SMILES string of the molecule is O=C1CC(CBr)CN1CCc1cnc2[nH]ccc2c1. The maximum atomic E-state index is 11.8. The Labute approximate surface area is 120 Å². The van der Waals surface area contributed by atoms with Crippen molar-refractivity contribution in [1.82, 2.24) is 14.9 Å². The Morgan fingerprint density at radius 2 is 2.42 bits per heavy atom. The summed E-state index contributed by atoms with van der Waals surface area (Å²) < 4.78 is 0. The minimum atomic E-state index is 0.278. The number of aromatic nitrogens is 2. The number of rotatable bonds is 4. The van der Waals surface area contributed by atoms with Crippen molar-refractivity contribution in [3.8, 4) is 0 Å². The molecule has 3 rings (SSSR count). The highest BCUT2D eigenvalue weighted by Gasteiger charge is 2.28. The summed E-state index contributed by atoms with van der Waals surface area (Å²) in [7, 11) is 0. The molecular weight excluding hydrogens is 306 g/mol. The van der Waals surface area contributed by atoms with Crippen molar-refractivity contribution in [2.24, 2.45) is 5.92 Å². The van der Waals surface area contributed by atoms with Crippen molar-refractivity contribution in [1.29, 1.82) is 0 Å². The molecule has 2 aromatic heterocycles. The maximum Gasteiger partial charge on any atom is 0.222 e. The molecule has 5 heteroatoms. The van der Waals surface area contributed by atoms with Crippen molar-refractivity contribution in [2.75, 3.05) is 18.4 Å². The summed E-state index contributed by atoms with van der Waals surface area (Å²) in [5, 5.41) is 2.04. The Hall–Kier alpha value is -1.36. The van der Waals surface area contributed by atoms with Crippen LogP contribution >= 0.6 is 15.9 Å². The van der Waals surface area contributed by atoms with Crippen LogP contribution in [0.3, 0.4) is 0 Å². The molecular formula is C14H16BrN3O. The molecule has 1 atom stereocenters. The maximum absolute atomic E-state index is 11.8. The molecule has 1 aliphatic heterocycles. The van der Waals surface area contributed by atoms with Crippen molar-refractivity contribution < 1.29 is 4.79 Å². The van der Waals surface area contributed by atoms with Crippen LogP contribution in [-0.2, 0) is 11.2 Å². The number of hydrogen-bond acceptors (Lipinski definition) is 2. The van der Waals surface area contributed by atoms with E-state index in [0.29, 0.717) is 12.3 Å². The first-order valence-corrected chi connectivity index (χ1v) is 7.64. The molecule has 4 nitrogen and oxygen atoms in total. The number of nitrogens with one attached hydrogen (secondary N) is 1. The van der Waals surface area contributed by atoms with Crippen LogP contribution in [0, 0.1) is 5.92 Å². The van der Waals surface area contributed by atoms with Crippen LogP contribution in [0.1, 0.15) is 12.0 Å². The second-order valence-corrected chi connectivity index (χ2v) is 5.72. The van der Waals surface area contributed by atoms with Crippen molar-refractivity contribution >= 4 is 32.9 Å². The number of fused-ring (bicyclic) bond motifs is 1. The highest BCUT2D eigenvalue weighted by Crippen LogP contribution is 2.20. The first-order valence-electron chi connectivity index (χ1n) is 6.52. The average Bonchev–Trinajstić information content (AvgIpc) is 3.02. The number of hydrogen-bond donors (Lipinski definition) is 1. The van der Waals surface area contributed by atoms with E-state index in [1.807, 2.05) is 23.4 Å². The molecule has 1 amide bonds. The van der Waals surface area contributed by atoms with Crippen LogP contribution in [0.5, 0.6) is 0 Å². The largest absolute Gasteiger partial charge is 0.346 e. The third-order valence-electron chi connectivity index (χ3n) is 3.64. The summed E-state index contributed by atoms with van der Waals surface area (Å²) in [6, 6.07) is 4.16. The van der Waals surface area contributed by atoms with Gasteiger partial charge in [-0.25, -0.2) is 4.98 Å². The van der Waals surface area contributed by atoms with E-state index in [9.17, 15) is 4.79 Å². The molecule has 0 spiro atoms. The Balaban J connectivity index is 1.64. The van der Waals surface area contributed by atoms with Gasteiger partial charge in [-0.15, -0.1) is 0 Å². The van der Waals surface area contributed by atoms with Crippen molar-refractivity contribution in [3.05, 3.63) is 30.1 Å². The van der Waals surface area contributed by atoms with Crippen LogP contribution in [0.2, 0.25) is 0 Å². The normalized spacial score (nSPS) is 19.5. The van der Waals surface area contributed by atoms with Crippen molar-refractivity contribution in [3.63, 3.8) is 0 Å². The van der Waals surface area contributed by atoms with E-state index >= 15 is 0 Å². The quantitative estimate of drug-likeness (QED) is 0.879. The summed E-state index contributed by atoms with van der Waals surface area (Å²) in [6.07, 6.45) is 5.34. The van der Waals surface area contributed by atoms with Gasteiger partial charge in [0.2, 0.25) is 5.91 Å². The van der Waals surface area contributed by atoms with Crippen LogP contribution in [-0.4, -0.2) is 39.2 Å². The zero-order valence-corrected chi connectivity index (χ0v) is 12.2. The van der Waals surface area contributed by atoms with Gasteiger partial charge in [-0.2, -0.15) is 0 Å². The molecule has 1 fully saturated rings. The number of H-pyrrole nitrogens is 1. The molecule has 0 bridgehead atoms. The lowest BCUT2D eigenvalue weighted by atomic mass is 10.1. The monoisotopic (exact) mass is 321 g/mol. The minimum Gasteiger partial charge on any atom is -0.346 e. The molecule has 19 heavy (non-hydrogen) atoms. The Kier molecular flexibility index (Phi) is 3.55. The van der Waals surface area contributed by atoms with Crippen LogP contribution in [0.15, 0.2) is 24.5 Å². The zero-order valence-electron chi connectivity index (χ0n) is 10.6. The Morgan fingerprint density at radius 3 is 3.21 bits per heavy atom. The average molecular weight is 322 g/mol. The zero-order chi connectivity index (χ0) is 13.2. The van der Waals surface area contributed by atoms with Gasteiger partial charge in [0, 0.05) is 42.6 Å². The van der Waals surface area contributed by atoms with E-state index in [4.69, 9.17) is 0 Å². The molecule has 1 aliphatic rings. The molecule has 1 saturated heterocycles. The Bertz CT molecular complexity index is 595. The summed E-state index contributed by atoms with van der Waals surface area (Å²) in [4.78, 5) is 21.2. The first kappa shape index (κ1) is 12.7. The van der Waals surface area contributed by atoms with E-state index in [1.54, 1.807) is 0 Å². The molecule has 0 aliphatic carbocycles. The predicted octanol–water partition coefficient (Wildman–Crippen LogP) is 2.35. The highest BCUT2D eigenvalue weighted by molar-refractivity contribution is 9.09. The summed E-state index contributed by atoms with van der Waals surface area (Å²) in [5.41, 5.74) is 2.10. The lowest BCUT2D eigenvalue weighted by Gasteiger charge is -2.16. The number of halogens is 1. The van der Waals surface area contributed by atoms with Gasteiger partial charge in [0.25, 0.3) is 0 Å². The van der Waals surface area contributed by atoms with Gasteiger partial charge in [-0.1, -0.05) is 15.9 Å². The lowest BCUT2D eigenvalue weighted by Crippen LogP contribution is -2.27. The molecule has 3 heterocycles. The lowest BCUT2D eigenvalue weighted by molar-refractivity contribution is -0.127. The number of carbonyl (C=O) groups excluding carboxylic acids is 1. The first-order chi connectivity index (χ1) is 9.26. The van der Waals surface area contributed by atoms with E-state index in [2.05, 4.69) is 32.0 Å². The van der Waals surface area contributed by atoms with E-state index in [0.717, 1.165) is 35.9 Å². The molecule has 100 valence electrons. The summed E-state index contributed by atoms with van der Waals surface area (Å²) in [5.74, 6) is 0.748. The summed E-state index contributed by atoms with van der Waals surface area (Å²) >= 11 is 3.46. The molecule has 1 unspecified atom stereocenters. The van der Waals surface area contributed by atoms with Crippen LogP contribution in [0.4, 0.5) is 0 Å². The fourth-order valence-corrected chi connectivity index (χ4v) is 2.99. The number of alkyl halides is 1. The molecule has 0 aromatic carbocycles. The predicted molar refractivity (Wildman–Crippen MR) is 78.3 cm³/mol. The van der Waals surface area contributed by atoms with E-state index < -0.39 is 0 Å². The minimum absolute atomic E-state index is 0.278. The van der Waals surface area contributed by atoms with E-state index in [1.165, 1.54) is 5.56 Å². The number of amides is 1. The molecule has 2 aromatic rings. The molecule has 0 saturated carbocycles. The fourth-order valence-electron chi connectivity index (χ4n) is 2.56. The fraction of sp³-hybridized carbons (Fsp3) is 0.429. The number of nitrogens with zero attached hydrogens (tertiary/aromatic N) is 2. The number of carbonyl (C=O) groups is 1. The number of likely N-dealkylation sites (tertiary alicyclic amines) is 1. The van der Waals surface area contributed by atoms with Gasteiger partial charge in [-0.05, 0) is 30.0 Å². The second kappa shape index (κ2) is 5.33. The van der Waals surface area contributed by atoms with E-state index in [-0.39, 0.29) is 5.91 Å². The topological polar surface area (TPSA) is 49.0 Å². The molecule has 0 radical (unpaired) electrons. The van der Waals surface area contributed by atoms with Crippen LogP contribution in [0.25, 0.3) is 11.0 Å². The van der Waals surface area contributed by atoms with Crippen molar-refractivity contribution in [2.45, 2.75) is 12.8 Å². The number of aromatic amines is 1. The van der Waals surface area contributed by atoms with Gasteiger partial charge in [-0.3, -0.25) is 4.79 Å². The standard InChI is InChI=1S/C14H16BrN3O/c15-7-11-6-13(19)18(9-11)4-2-10-5-12-1-3-16-14(12)17-8-10/h1,3,5,8,11H,2,4,6-7,9H2,(H,16,17). The van der Waals surface area contributed by atoms with Gasteiger partial charge in [0.1, 0.15) is 5.65 Å². The van der Waals surface area contributed by atoms with Gasteiger partial charge in [0.15, 0.2) is 0 Å². The third kappa shape index (κ3) is 2.66. The van der Waals surface area contributed by atoms with Gasteiger partial charge >= 0.3 is 0 Å². The number of pyridine rings is 1. The molecule has 1 N–H and O–H groups in total. The van der Waals surface area contributed by atoms with Gasteiger partial charge in [0.05, 0.1) is 0 Å². The van der Waals surface area contributed by atoms with Gasteiger partial charge < -0.3 is 9.88 Å². The third-order valence-corrected chi connectivity index (χ3v) is 4.56. The Morgan fingerprint density at radius 1 is 1.53 bits per heavy atom. The second-order valence-electron chi connectivity index (χ2n) is 5.07.